The number of amides is 1. The summed E-state index contributed by atoms with van der Waals surface area (Å²) in [5.74, 6) is -0.221. The molecular weight excluding hydrogens is 336 g/mol. The molecule has 1 unspecified atom stereocenters. The SMILES string of the molecule is CC(NC(=O)c1ccc(Br)cc1)c1cccc([N+](=O)[O-])c1. The molecule has 0 fully saturated rings. The van der Waals surface area contributed by atoms with Gasteiger partial charge in [0.15, 0.2) is 0 Å². The highest BCUT2D eigenvalue weighted by Gasteiger charge is 2.14. The van der Waals surface area contributed by atoms with Gasteiger partial charge in [0.25, 0.3) is 11.6 Å². The van der Waals surface area contributed by atoms with E-state index in [4.69, 9.17) is 0 Å². The fraction of sp³-hybridized carbons (Fsp3) is 0.133. The van der Waals surface area contributed by atoms with E-state index >= 15 is 0 Å². The summed E-state index contributed by atoms with van der Waals surface area (Å²) in [5.41, 5.74) is 1.24. The van der Waals surface area contributed by atoms with Crippen LogP contribution in [0.25, 0.3) is 0 Å². The van der Waals surface area contributed by atoms with Gasteiger partial charge in [-0.15, -0.1) is 0 Å². The van der Waals surface area contributed by atoms with Crippen LogP contribution in [0.5, 0.6) is 0 Å². The first kappa shape index (κ1) is 15.2. The monoisotopic (exact) mass is 348 g/mol. The van der Waals surface area contributed by atoms with Crippen molar-refractivity contribution in [3.63, 3.8) is 0 Å². The van der Waals surface area contributed by atoms with Gasteiger partial charge in [-0.1, -0.05) is 28.1 Å². The van der Waals surface area contributed by atoms with Crippen molar-refractivity contribution in [3.8, 4) is 0 Å². The average molecular weight is 349 g/mol. The van der Waals surface area contributed by atoms with E-state index in [-0.39, 0.29) is 17.6 Å². The number of carbonyl (C=O) groups excluding carboxylic acids is 1. The number of carbonyl (C=O) groups is 1. The molecule has 1 N–H and O–H groups in total. The zero-order valence-electron chi connectivity index (χ0n) is 11.2. The van der Waals surface area contributed by atoms with Crippen LogP contribution >= 0.6 is 15.9 Å². The van der Waals surface area contributed by atoms with E-state index < -0.39 is 4.92 Å². The summed E-state index contributed by atoms with van der Waals surface area (Å²) in [6.07, 6.45) is 0. The fourth-order valence-corrected chi connectivity index (χ4v) is 2.14. The highest BCUT2D eigenvalue weighted by atomic mass is 79.9. The minimum absolute atomic E-state index is 0.0113. The van der Waals surface area contributed by atoms with Crippen molar-refractivity contribution < 1.29 is 9.72 Å². The van der Waals surface area contributed by atoms with E-state index in [2.05, 4.69) is 21.2 Å². The maximum Gasteiger partial charge on any atom is 0.269 e. The second-order valence-electron chi connectivity index (χ2n) is 4.55. The summed E-state index contributed by atoms with van der Waals surface area (Å²) in [5, 5.41) is 13.6. The van der Waals surface area contributed by atoms with E-state index in [1.165, 1.54) is 12.1 Å². The Hall–Kier alpha value is -2.21. The highest BCUT2D eigenvalue weighted by molar-refractivity contribution is 9.10. The fourth-order valence-electron chi connectivity index (χ4n) is 1.87. The molecule has 1 amide bonds. The molecule has 2 aromatic carbocycles. The molecule has 0 bridgehead atoms. The van der Waals surface area contributed by atoms with Crippen molar-refractivity contribution >= 4 is 27.5 Å². The van der Waals surface area contributed by atoms with Crippen LogP contribution in [0, 0.1) is 10.1 Å². The highest BCUT2D eigenvalue weighted by Crippen LogP contribution is 2.19. The minimum Gasteiger partial charge on any atom is -0.346 e. The second kappa shape index (κ2) is 6.49. The van der Waals surface area contributed by atoms with Crippen molar-refractivity contribution in [3.05, 3.63) is 74.2 Å². The van der Waals surface area contributed by atoms with Gasteiger partial charge in [0.1, 0.15) is 0 Å². The third-order valence-corrected chi connectivity index (χ3v) is 3.56. The number of nitrogens with one attached hydrogen (secondary N) is 1. The Morgan fingerprint density at radius 1 is 1.24 bits per heavy atom. The Morgan fingerprint density at radius 2 is 1.90 bits per heavy atom. The number of halogens is 1. The Morgan fingerprint density at radius 3 is 2.52 bits per heavy atom. The van der Waals surface area contributed by atoms with Crippen molar-refractivity contribution in [2.75, 3.05) is 0 Å². The van der Waals surface area contributed by atoms with E-state index in [1.807, 2.05) is 0 Å². The number of rotatable bonds is 4. The number of non-ortho nitro benzene ring substituents is 1. The Balaban J connectivity index is 2.12. The van der Waals surface area contributed by atoms with Crippen LogP contribution in [-0.2, 0) is 0 Å². The maximum atomic E-state index is 12.1. The van der Waals surface area contributed by atoms with Crippen LogP contribution in [0.1, 0.15) is 28.9 Å². The molecule has 21 heavy (non-hydrogen) atoms. The van der Waals surface area contributed by atoms with Crippen LogP contribution in [-0.4, -0.2) is 10.8 Å². The summed E-state index contributed by atoms with van der Waals surface area (Å²) in [4.78, 5) is 22.4. The average Bonchev–Trinajstić information content (AvgIpc) is 2.48. The van der Waals surface area contributed by atoms with Crippen molar-refractivity contribution in [1.82, 2.24) is 5.32 Å². The lowest BCUT2D eigenvalue weighted by Gasteiger charge is -2.14. The molecule has 2 aromatic rings. The van der Waals surface area contributed by atoms with Crippen LogP contribution in [0.4, 0.5) is 5.69 Å². The van der Waals surface area contributed by atoms with Gasteiger partial charge in [0.2, 0.25) is 0 Å². The van der Waals surface area contributed by atoms with E-state index in [9.17, 15) is 14.9 Å². The van der Waals surface area contributed by atoms with Crippen LogP contribution in [0.3, 0.4) is 0 Å². The molecule has 6 heteroatoms. The summed E-state index contributed by atoms with van der Waals surface area (Å²) >= 11 is 3.31. The molecule has 2 rings (SSSR count). The summed E-state index contributed by atoms with van der Waals surface area (Å²) in [6, 6.07) is 12.9. The second-order valence-corrected chi connectivity index (χ2v) is 5.47. The first-order valence-corrected chi connectivity index (χ1v) is 7.07. The molecule has 1 atom stereocenters. The molecule has 5 nitrogen and oxygen atoms in total. The maximum absolute atomic E-state index is 12.1. The summed E-state index contributed by atoms with van der Waals surface area (Å²) in [7, 11) is 0. The number of nitro groups is 1. The standard InChI is InChI=1S/C15H13BrN2O3/c1-10(12-3-2-4-14(9-12)18(20)21)17-15(19)11-5-7-13(16)8-6-11/h2-10H,1H3,(H,17,19). The molecule has 0 aliphatic carbocycles. The molecule has 0 heterocycles. The summed E-state index contributed by atoms with van der Waals surface area (Å²) < 4.78 is 0.894. The molecule has 0 spiro atoms. The van der Waals surface area contributed by atoms with Crippen LogP contribution in [0.15, 0.2) is 53.0 Å². The normalized spacial score (nSPS) is 11.7. The van der Waals surface area contributed by atoms with Gasteiger partial charge in [-0.25, -0.2) is 0 Å². The summed E-state index contributed by atoms with van der Waals surface area (Å²) in [6.45, 7) is 1.79. The van der Waals surface area contributed by atoms with E-state index in [0.29, 0.717) is 11.1 Å². The number of hydrogen-bond acceptors (Lipinski definition) is 3. The topological polar surface area (TPSA) is 72.2 Å². The lowest BCUT2D eigenvalue weighted by molar-refractivity contribution is -0.384. The minimum atomic E-state index is -0.452. The number of benzene rings is 2. The zero-order valence-corrected chi connectivity index (χ0v) is 12.8. The third-order valence-electron chi connectivity index (χ3n) is 3.04. The Kier molecular flexibility index (Phi) is 4.70. The largest absolute Gasteiger partial charge is 0.346 e. The van der Waals surface area contributed by atoms with Crippen molar-refractivity contribution in [1.29, 1.82) is 0 Å². The van der Waals surface area contributed by atoms with Gasteiger partial charge in [-0.3, -0.25) is 14.9 Å². The molecule has 0 aromatic heterocycles. The van der Waals surface area contributed by atoms with Gasteiger partial charge in [0.05, 0.1) is 11.0 Å². The smallest absolute Gasteiger partial charge is 0.269 e. The van der Waals surface area contributed by atoms with Crippen molar-refractivity contribution in [2.24, 2.45) is 0 Å². The predicted octanol–water partition coefficient (Wildman–Crippen LogP) is 3.85. The molecule has 108 valence electrons. The number of nitro benzene ring substituents is 1. The van der Waals surface area contributed by atoms with Gasteiger partial charge in [-0.2, -0.15) is 0 Å². The van der Waals surface area contributed by atoms with Gasteiger partial charge < -0.3 is 5.32 Å². The first-order valence-electron chi connectivity index (χ1n) is 6.28. The zero-order chi connectivity index (χ0) is 15.4. The van der Waals surface area contributed by atoms with Gasteiger partial charge >= 0.3 is 0 Å². The molecule has 0 saturated heterocycles. The number of nitrogens with zero attached hydrogens (tertiary/aromatic N) is 1. The lowest BCUT2D eigenvalue weighted by Crippen LogP contribution is -2.26. The predicted molar refractivity (Wildman–Crippen MR) is 83.1 cm³/mol. The van der Waals surface area contributed by atoms with Crippen LogP contribution < -0.4 is 5.32 Å². The van der Waals surface area contributed by atoms with Crippen LogP contribution in [0.2, 0.25) is 0 Å². The third kappa shape index (κ3) is 3.88. The van der Waals surface area contributed by atoms with Gasteiger partial charge in [0, 0.05) is 22.2 Å². The molecule has 0 aliphatic rings. The first-order chi connectivity index (χ1) is 9.97. The van der Waals surface area contributed by atoms with E-state index in [0.717, 1.165) is 4.47 Å². The Labute approximate surface area is 130 Å². The lowest BCUT2D eigenvalue weighted by atomic mass is 10.1. The van der Waals surface area contributed by atoms with E-state index in [1.54, 1.807) is 43.3 Å². The quantitative estimate of drug-likeness (QED) is 0.673. The van der Waals surface area contributed by atoms with Gasteiger partial charge in [-0.05, 0) is 36.8 Å². The Bertz CT molecular complexity index is 671. The molecular formula is C15H13BrN2O3. The molecule has 0 radical (unpaired) electrons. The molecule has 0 saturated carbocycles. The van der Waals surface area contributed by atoms with Crippen molar-refractivity contribution in [2.45, 2.75) is 13.0 Å². The number of hydrogen-bond donors (Lipinski definition) is 1. The molecule has 0 aliphatic heterocycles.